The van der Waals surface area contributed by atoms with E-state index in [1.54, 1.807) is 45.0 Å². The van der Waals surface area contributed by atoms with Crippen molar-refractivity contribution in [3.05, 3.63) is 41.7 Å². The lowest BCUT2D eigenvalue weighted by Gasteiger charge is -2.37. The Morgan fingerprint density at radius 3 is 2.27 bits per heavy atom. The van der Waals surface area contributed by atoms with Crippen LogP contribution in [0.25, 0.3) is 0 Å². The minimum Gasteiger partial charge on any atom is -0.407 e. The number of imide groups is 1. The lowest BCUT2D eigenvalue weighted by atomic mass is 9.73. The molecule has 4 rings (SSSR count). The van der Waals surface area contributed by atoms with E-state index in [4.69, 9.17) is 13.6 Å². The number of hydrogen-bond acceptors (Lipinski definition) is 7. The fourth-order valence-electron chi connectivity index (χ4n) is 5.31. The number of rotatable bonds is 9. The van der Waals surface area contributed by atoms with Gasteiger partial charge >= 0.3 is 7.82 Å². The van der Waals surface area contributed by atoms with Crippen LogP contribution in [0.3, 0.4) is 0 Å². The summed E-state index contributed by atoms with van der Waals surface area (Å²) < 4.78 is 43.3. The molecule has 0 radical (unpaired) electrons. The first kappa shape index (κ1) is 24.3. The van der Waals surface area contributed by atoms with E-state index in [-0.39, 0.29) is 36.6 Å². The molecular formula is C23H30NO7PS. The van der Waals surface area contributed by atoms with Gasteiger partial charge in [-0.15, -0.1) is 0 Å². The lowest BCUT2D eigenvalue weighted by Crippen LogP contribution is -2.44. The number of hydrogen-bond donors (Lipinski definition) is 0. The van der Waals surface area contributed by atoms with E-state index in [0.717, 1.165) is 12.0 Å². The largest absolute Gasteiger partial charge is 0.529 e. The van der Waals surface area contributed by atoms with Gasteiger partial charge in [0.2, 0.25) is 11.8 Å². The molecule has 33 heavy (non-hydrogen) atoms. The first-order chi connectivity index (χ1) is 15.9. The predicted octanol–water partition coefficient (Wildman–Crippen LogP) is 4.19. The number of para-hydroxylation sites is 1. The lowest BCUT2D eigenvalue weighted by molar-refractivity contribution is -0.122. The van der Waals surface area contributed by atoms with Crippen molar-refractivity contribution >= 4 is 36.1 Å². The Hall–Kier alpha value is -1.80. The Morgan fingerprint density at radius 1 is 1.03 bits per heavy atom. The van der Waals surface area contributed by atoms with Gasteiger partial charge in [-0.3, -0.25) is 22.8 Å². The maximum Gasteiger partial charge on any atom is 0.529 e. The van der Waals surface area contributed by atoms with E-state index in [0.29, 0.717) is 18.5 Å². The summed E-state index contributed by atoms with van der Waals surface area (Å²) in [6, 6.07) is 8.80. The molecule has 2 aliphatic carbocycles. The molecule has 1 heterocycles. The first-order valence-electron chi connectivity index (χ1n) is 11.5. The molecule has 3 aliphatic rings. The molecule has 2 unspecified atom stereocenters. The average Bonchev–Trinajstić information content (AvgIpc) is 3.37. The highest BCUT2D eigenvalue weighted by atomic mass is 32.2. The number of allylic oxidation sites excluding steroid dienone is 1. The van der Waals surface area contributed by atoms with Crippen molar-refractivity contribution in [2.75, 3.05) is 23.9 Å². The molecule has 5 atom stereocenters. The van der Waals surface area contributed by atoms with Gasteiger partial charge in [-0.05, 0) is 56.7 Å². The number of fused-ring (bicyclic) bond motifs is 3. The Morgan fingerprint density at radius 2 is 1.67 bits per heavy atom. The van der Waals surface area contributed by atoms with Gasteiger partial charge in [0.25, 0.3) is 0 Å². The van der Waals surface area contributed by atoms with E-state index in [2.05, 4.69) is 0 Å². The van der Waals surface area contributed by atoms with Crippen molar-refractivity contribution in [2.45, 2.75) is 45.3 Å². The third-order valence-electron chi connectivity index (χ3n) is 6.51. The molecule has 10 heteroatoms. The molecule has 1 saturated carbocycles. The summed E-state index contributed by atoms with van der Waals surface area (Å²) >= 11 is 0. The van der Waals surface area contributed by atoms with Crippen molar-refractivity contribution in [2.24, 2.45) is 17.8 Å². The van der Waals surface area contributed by atoms with Gasteiger partial charge in [-0.25, -0.2) is 9.46 Å². The van der Waals surface area contributed by atoms with Crippen LogP contribution in [-0.4, -0.2) is 40.2 Å². The summed E-state index contributed by atoms with van der Waals surface area (Å²) in [6.45, 7) is 5.34. The van der Waals surface area contributed by atoms with E-state index in [1.165, 1.54) is 4.90 Å². The number of phosphoric acid groups is 1. The maximum atomic E-state index is 13.7. The van der Waals surface area contributed by atoms with E-state index in [9.17, 15) is 18.4 Å². The molecule has 8 nitrogen and oxygen atoms in total. The van der Waals surface area contributed by atoms with Crippen LogP contribution in [0.15, 0.2) is 41.7 Å². The number of anilines is 1. The minimum atomic E-state index is -3.97. The maximum absolute atomic E-state index is 13.7. The predicted molar refractivity (Wildman–Crippen MR) is 125 cm³/mol. The summed E-state index contributed by atoms with van der Waals surface area (Å²) in [6.07, 6.45) is 2.15. The van der Waals surface area contributed by atoms with Crippen LogP contribution in [-0.2, 0) is 38.5 Å². The fourth-order valence-corrected chi connectivity index (χ4v) is 8.07. The standard InChI is InChI=1S/C23H30NO7PS/c1-4-29-32(27,30-5-2)31-20-17-14-10-13-16(17)18-19(21(20)33(28)6-3)23(26)24(22(18)25)15-11-8-7-9-12-15/h7-9,11-12,16,18-19,21H,4-6,10,13-14H2,1-3H3/t16-,18?,19-,21-,33?/m0/s1. The molecule has 0 spiro atoms. The van der Waals surface area contributed by atoms with Crippen molar-refractivity contribution in [3.63, 3.8) is 0 Å². The SMILES string of the molecule is CCOP(=O)(OCC)OC1=C2CCC[C@@H]2C2C(=O)N(c3ccccc3)C(=O)[C@@H]2[C@@H]1S(=O)CC. The zero-order valence-corrected chi connectivity index (χ0v) is 20.8. The van der Waals surface area contributed by atoms with Gasteiger partial charge < -0.3 is 4.52 Å². The quantitative estimate of drug-likeness (QED) is 0.374. The fraction of sp³-hybridized carbons (Fsp3) is 0.565. The average molecular weight is 496 g/mol. The highest BCUT2D eigenvalue weighted by molar-refractivity contribution is 7.85. The molecular weight excluding hydrogens is 465 g/mol. The minimum absolute atomic E-state index is 0.107. The number of amides is 2. The smallest absolute Gasteiger partial charge is 0.407 e. The van der Waals surface area contributed by atoms with Crippen LogP contribution >= 0.6 is 7.82 Å². The normalized spacial score (nSPS) is 28.2. The molecule has 1 saturated heterocycles. The van der Waals surface area contributed by atoms with Crippen LogP contribution in [0, 0.1) is 17.8 Å². The molecule has 0 N–H and O–H groups in total. The molecule has 2 fully saturated rings. The number of benzene rings is 1. The van der Waals surface area contributed by atoms with Crippen molar-refractivity contribution in [3.8, 4) is 0 Å². The van der Waals surface area contributed by atoms with Crippen LogP contribution in [0.5, 0.6) is 0 Å². The number of nitrogens with zero attached hydrogens (tertiary/aromatic N) is 1. The van der Waals surface area contributed by atoms with Gasteiger partial charge in [0.15, 0.2) is 0 Å². The summed E-state index contributed by atoms with van der Waals surface area (Å²) in [5.74, 6) is -1.82. The van der Waals surface area contributed by atoms with E-state index < -0.39 is 41.6 Å². The highest BCUT2D eigenvalue weighted by Crippen LogP contribution is 2.59. The second kappa shape index (κ2) is 9.82. The van der Waals surface area contributed by atoms with Crippen LogP contribution < -0.4 is 4.90 Å². The van der Waals surface area contributed by atoms with Crippen molar-refractivity contribution < 1.29 is 31.9 Å². The van der Waals surface area contributed by atoms with Crippen molar-refractivity contribution in [1.82, 2.24) is 0 Å². The summed E-state index contributed by atoms with van der Waals surface area (Å²) in [4.78, 5) is 28.5. The van der Waals surface area contributed by atoms with Gasteiger partial charge in [0.05, 0.1) is 30.7 Å². The second-order valence-corrected chi connectivity index (χ2v) is 11.7. The number of phosphoric ester groups is 1. The molecule has 1 aromatic carbocycles. The van der Waals surface area contributed by atoms with Gasteiger partial charge in [-0.2, -0.15) is 0 Å². The van der Waals surface area contributed by atoms with Crippen molar-refractivity contribution in [1.29, 1.82) is 0 Å². The third kappa shape index (κ3) is 4.25. The molecule has 2 amide bonds. The van der Waals surface area contributed by atoms with Gasteiger partial charge in [0.1, 0.15) is 11.0 Å². The van der Waals surface area contributed by atoms with E-state index >= 15 is 0 Å². The van der Waals surface area contributed by atoms with Gasteiger partial charge in [-0.1, -0.05) is 25.1 Å². The first-order valence-corrected chi connectivity index (χ1v) is 14.3. The second-order valence-electron chi connectivity index (χ2n) is 8.25. The topological polar surface area (TPSA) is 99.2 Å². The zero-order chi connectivity index (χ0) is 23.8. The Balaban J connectivity index is 1.82. The number of carbonyl (C=O) groups is 2. The van der Waals surface area contributed by atoms with Gasteiger partial charge in [0, 0.05) is 16.6 Å². The Labute approximate surface area is 196 Å². The zero-order valence-electron chi connectivity index (χ0n) is 19.1. The molecule has 0 aromatic heterocycles. The Kier molecular flexibility index (Phi) is 7.24. The van der Waals surface area contributed by atoms with Crippen LogP contribution in [0.4, 0.5) is 5.69 Å². The third-order valence-corrected chi connectivity index (χ3v) is 9.72. The number of carbonyl (C=O) groups excluding carboxylic acids is 2. The molecule has 0 bridgehead atoms. The summed E-state index contributed by atoms with van der Waals surface area (Å²) in [5.41, 5.74) is 1.32. The molecule has 1 aromatic rings. The molecule has 180 valence electrons. The van der Waals surface area contributed by atoms with Crippen LogP contribution in [0.1, 0.15) is 40.0 Å². The highest BCUT2D eigenvalue weighted by Gasteiger charge is 2.61. The monoisotopic (exact) mass is 495 g/mol. The van der Waals surface area contributed by atoms with E-state index in [1.807, 2.05) is 6.07 Å². The Bertz CT molecular complexity index is 1020. The summed E-state index contributed by atoms with van der Waals surface area (Å²) in [5, 5.41) is -0.885. The molecule has 1 aliphatic heterocycles. The summed E-state index contributed by atoms with van der Waals surface area (Å²) in [7, 11) is -5.50. The van der Waals surface area contributed by atoms with Crippen LogP contribution in [0.2, 0.25) is 0 Å².